The van der Waals surface area contributed by atoms with Gasteiger partial charge in [-0.3, -0.25) is 0 Å². The Balaban J connectivity index is 1.92. The van der Waals surface area contributed by atoms with Crippen molar-refractivity contribution in [2.24, 2.45) is 22.7 Å². The normalized spacial score (nSPS) is 36.4. The number of fused-ring (bicyclic) bond motifs is 3. The van der Waals surface area contributed by atoms with Gasteiger partial charge in [0.1, 0.15) is 0 Å². The molecule has 0 heterocycles. The predicted octanol–water partition coefficient (Wildman–Crippen LogP) is 8.18. The van der Waals surface area contributed by atoms with Crippen molar-refractivity contribution >= 4 is 0 Å². The first-order chi connectivity index (χ1) is 12.3. The molecule has 0 bridgehead atoms. The lowest BCUT2D eigenvalue weighted by atomic mass is 9.51. The van der Waals surface area contributed by atoms with Crippen LogP contribution >= 0.6 is 0 Å². The standard InChI is InChI=1S/C26H40/c1-7-9-23-22-11-10-21-18-20(4)13-17-26(21,6)24(22)14-16-25(23,5)15-12-19(3)8-2/h10,14,18,22-23H,3,7-9,11-13,15-17H2,1-2,4-6H3. The summed E-state index contributed by atoms with van der Waals surface area (Å²) in [6.07, 6.45) is 19.2. The number of allylic oxidation sites excluding steroid dienone is 7. The molecule has 0 aromatic rings. The van der Waals surface area contributed by atoms with Crippen LogP contribution in [-0.4, -0.2) is 0 Å². The first kappa shape index (κ1) is 19.7. The third-order valence-electron chi connectivity index (χ3n) is 8.01. The molecule has 0 aromatic heterocycles. The van der Waals surface area contributed by atoms with Gasteiger partial charge in [0.2, 0.25) is 0 Å². The van der Waals surface area contributed by atoms with Gasteiger partial charge in [-0.1, -0.05) is 75.6 Å². The molecule has 4 unspecified atom stereocenters. The second kappa shape index (κ2) is 7.53. The zero-order valence-corrected chi connectivity index (χ0v) is 18.0. The summed E-state index contributed by atoms with van der Waals surface area (Å²) >= 11 is 0. The summed E-state index contributed by atoms with van der Waals surface area (Å²) in [5.41, 5.74) is 7.16. The predicted molar refractivity (Wildman–Crippen MR) is 115 cm³/mol. The van der Waals surface area contributed by atoms with Crippen molar-refractivity contribution in [3.05, 3.63) is 47.1 Å². The van der Waals surface area contributed by atoms with Gasteiger partial charge >= 0.3 is 0 Å². The van der Waals surface area contributed by atoms with E-state index in [1.54, 1.807) is 16.7 Å². The molecule has 0 fully saturated rings. The highest BCUT2D eigenvalue weighted by atomic mass is 14.5. The van der Waals surface area contributed by atoms with E-state index in [4.69, 9.17) is 0 Å². The fraction of sp³-hybridized carbons (Fsp3) is 0.692. The SMILES string of the molecule is C=C(CC)CCC1(C)CC=C2C(CC=C3C=C(C)CCC32C)C1CCC. The van der Waals surface area contributed by atoms with E-state index in [1.165, 1.54) is 56.9 Å². The quantitative estimate of drug-likeness (QED) is 0.423. The highest BCUT2D eigenvalue weighted by molar-refractivity contribution is 5.45. The van der Waals surface area contributed by atoms with Crippen molar-refractivity contribution in [3.63, 3.8) is 0 Å². The van der Waals surface area contributed by atoms with Crippen LogP contribution in [-0.2, 0) is 0 Å². The second-order valence-electron chi connectivity index (χ2n) is 9.84. The molecule has 0 amide bonds. The van der Waals surface area contributed by atoms with Gasteiger partial charge in [0.25, 0.3) is 0 Å². The molecule has 0 heteroatoms. The Morgan fingerprint density at radius 3 is 2.69 bits per heavy atom. The number of hydrogen-bond donors (Lipinski definition) is 0. The average molecular weight is 353 g/mol. The maximum Gasteiger partial charge on any atom is 0.0136 e. The molecule has 3 aliphatic rings. The fourth-order valence-corrected chi connectivity index (χ4v) is 6.00. The maximum atomic E-state index is 4.28. The molecule has 0 saturated heterocycles. The van der Waals surface area contributed by atoms with Crippen molar-refractivity contribution in [2.45, 2.75) is 92.4 Å². The van der Waals surface area contributed by atoms with Crippen LogP contribution in [0.4, 0.5) is 0 Å². The zero-order chi connectivity index (χ0) is 18.9. The summed E-state index contributed by atoms with van der Waals surface area (Å²) < 4.78 is 0. The van der Waals surface area contributed by atoms with Crippen LogP contribution in [0.3, 0.4) is 0 Å². The summed E-state index contributed by atoms with van der Waals surface area (Å²) in [6.45, 7) is 16.3. The van der Waals surface area contributed by atoms with Crippen LogP contribution in [0.25, 0.3) is 0 Å². The largest absolute Gasteiger partial charge is 0.0999 e. The summed E-state index contributed by atoms with van der Waals surface area (Å²) in [5, 5.41) is 0. The van der Waals surface area contributed by atoms with Gasteiger partial charge < -0.3 is 0 Å². The van der Waals surface area contributed by atoms with E-state index in [2.05, 4.69) is 59.4 Å². The van der Waals surface area contributed by atoms with E-state index < -0.39 is 0 Å². The molecule has 3 aliphatic carbocycles. The minimum Gasteiger partial charge on any atom is -0.0999 e. The Morgan fingerprint density at radius 1 is 1.23 bits per heavy atom. The van der Waals surface area contributed by atoms with E-state index in [0.29, 0.717) is 10.8 Å². The second-order valence-corrected chi connectivity index (χ2v) is 9.84. The van der Waals surface area contributed by atoms with Crippen molar-refractivity contribution in [1.29, 1.82) is 0 Å². The van der Waals surface area contributed by atoms with Crippen LogP contribution in [0.2, 0.25) is 0 Å². The van der Waals surface area contributed by atoms with Gasteiger partial charge in [-0.05, 0) is 81.1 Å². The van der Waals surface area contributed by atoms with Crippen molar-refractivity contribution in [2.75, 3.05) is 0 Å². The van der Waals surface area contributed by atoms with Gasteiger partial charge in [-0.2, -0.15) is 0 Å². The van der Waals surface area contributed by atoms with Gasteiger partial charge in [-0.25, -0.2) is 0 Å². The molecule has 3 rings (SSSR count). The summed E-state index contributed by atoms with van der Waals surface area (Å²) in [4.78, 5) is 0. The average Bonchev–Trinajstić information content (AvgIpc) is 2.62. The highest BCUT2D eigenvalue weighted by Gasteiger charge is 2.49. The van der Waals surface area contributed by atoms with E-state index in [1.807, 2.05) is 0 Å². The highest BCUT2D eigenvalue weighted by Crippen LogP contribution is 2.60. The molecule has 0 spiro atoms. The molecule has 0 aliphatic heterocycles. The summed E-state index contributed by atoms with van der Waals surface area (Å²) in [7, 11) is 0. The minimum atomic E-state index is 0.308. The van der Waals surface area contributed by atoms with Gasteiger partial charge in [0.05, 0.1) is 0 Å². The summed E-state index contributed by atoms with van der Waals surface area (Å²) in [5.74, 6) is 1.60. The monoisotopic (exact) mass is 352 g/mol. The molecule has 0 nitrogen and oxygen atoms in total. The lowest BCUT2D eigenvalue weighted by molar-refractivity contribution is 0.0849. The first-order valence-corrected chi connectivity index (χ1v) is 11.1. The van der Waals surface area contributed by atoms with Crippen LogP contribution < -0.4 is 0 Å². The third-order valence-corrected chi connectivity index (χ3v) is 8.01. The van der Waals surface area contributed by atoms with E-state index >= 15 is 0 Å². The zero-order valence-electron chi connectivity index (χ0n) is 18.0. The fourth-order valence-electron chi connectivity index (χ4n) is 6.00. The lowest BCUT2D eigenvalue weighted by Gasteiger charge is -2.53. The van der Waals surface area contributed by atoms with E-state index in [-0.39, 0.29) is 0 Å². The molecule has 0 aromatic carbocycles. The van der Waals surface area contributed by atoms with E-state index in [0.717, 1.165) is 18.3 Å². The minimum absolute atomic E-state index is 0.308. The number of rotatable bonds is 6. The Kier molecular flexibility index (Phi) is 5.71. The van der Waals surface area contributed by atoms with Gasteiger partial charge in [-0.15, -0.1) is 0 Å². The third kappa shape index (κ3) is 3.41. The summed E-state index contributed by atoms with van der Waals surface area (Å²) in [6, 6.07) is 0. The van der Waals surface area contributed by atoms with E-state index in [9.17, 15) is 0 Å². The van der Waals surface area contributed by atoms with Crippen molar-refractivity contribution in [1.82, 2.24) is 0 Å². The topological polar surface area (TPSA) is 0 Å². The van der Waals surface area contributed by atoms with Crippen molar-refractivity contribution in [3.8, 4) is 0 Å². The van der Waals surface area contributed by atoms with Crippen LogP contribution in [0, 0.1) is 22.7 Å². The molecular formula is C26H40. The Bertz CT molecular complexity index is 643. The molecule has 0 saturated carbocycles. The number of hydrogen-bond acceptors (Lipinski definition) is 0. The molecule has 26 heavy (non-hydrogen) atoms. The lowest BCUT2D eigenvalue weighted by Crippen LogP contribution is -2.43. The molecule has 4 atom stereocenters. The Morgan fingerprint density at radius 2 is 2.00 bits per heavy atom. The molecule has 144 valence electrons. The Labute approximate surface area is 162 Å². The molecule has 0 N–H and O–H groups in total. The van der Waals surface area contributed by atoms with Gasteiger partial charge in [0.15, 0.2) is 0 Å². The van der Waals surface area contributed by atoms with Crippen LogP contribution in [0.1, 0.15) is 92.4 Å². The smallest absolute Gasteiger partial charge is 0.0136 e. The van der Waals surface area contributed by atoms with Crippen LogP contribution in [0.15, 0.2) is 47.1 Å². The Hall–Kier alpha value is -1.04. The van der Waals surface area contributed by atoms with Gasteiger partial charge in [0, 0.05) is 5.41 Å². The van der Waals surface area contributed by atoms with Crippen LogP contribution in [0.5, 0.6) is 0 Å². The molecule has 0 radical (unpaired) electrons. The maximum absolute atomic E-state index is 4.28. The molecular weight excluding hydrogens is 312 g/mol. The first-order valence-electron chi connectivity index (χ1n) is 11.1. The van der Waals surface area contributed by atoms with Crippen molar-refractivity contribution < 1.29 is 0 Å².